The lowest BCUT2D eigenvalue weighted by molar-refractivity contribution is 0.00525. The van der Waals surface area contributed by atoms with Gasteiger partial charge in [-0.2, -0.15) is 0 Å². The topological polar surface area (TPSA) is 66.6 Å². The molecule has 0 aliphatic carbocycles. The molecular formula is C11H9ClN2O3S. The largest absolute Gasteiger partial charge is 0.389 e. The highest BCUT2D eigenvalue weighted by Gasteiger charge is 2.31. The molecule has 1 aliphatic rings. The predicted octanol–water partition coefficient (Wildman–Crippen LogP) is 1.87. The van der Waals surface area contributed by atoms with Crippen molar-refractivity contribution in [1.82, 2.24) is 10.1 Å². The molecule has 1 aliphatic heterocycles. The van der Waals surface area contributed by atoms with Crippen LogP contribution in [0.4, 0.5) is 0 Å². The number of halogens is 1. The van der Waals surface area contributed by atoms with Gasteiger partial charge in [0.2, 0.25) is 0 Å². The molecule has 94 valence electrons. The van der Waals surface area contributed by atoms with Crippen molar-refractivity contribution in [3.63, 3.8) is 0 Å². The summed E-state index contributed by atoms with van der Waals surface area (Å²) in [6.45, 7) is 0.706. The number of β-amino-alcohol motifs (C(OH)–C–C–N with tert-alkyl or cyclic N) is 1. The van der Waals surface area contributed by atoms with E-state index in [-0.39, 0.29) is 11.6 Å². The minimum atomic E-state index is -0.420. The number of aromatic nitrogens is 1. The Kier molecular flexibility index (Phi) is 2.85. The van der Waals surface area contributed by atoms with E-state index in [1.807, 2.05) is 6.07 Å². The van der Waals surface area contributed by atoms with Crippen LogP contribution in [-0.2, 0) is 0 Å². The molecule has 5 nitrogen and oxygen atoms in total. The van der Waals surface area contributed by atoms with Crippen molar-refractivity contribution in [2.45, 2.75) is 6.10 Å². The molecule has 18 heavy (non-hydrogen) atoms. The first-order valence-corrected chi connectivity index (χ1v) is 6.52. The maximum absolute atomic E-state index is 11.9. The van der Waals surface area contributed by atoms with Gasteiger partial charge in [0, 0.05) is 19.2 Å². The zero-order valence-electron chi connectivity index (χ0n) is 9.17. The van der Waals surface area contributed by atoms with Gasteiger partial charge in [0.05, 0.1) is 15.3 Å². The highest BCUT2D eigenvalue weighted by atomic mass is 35.5. The molecule has 0 bridgehead atoms. The molecular weight excluding hydrogens is 276 g/mol. The van der Waals surface area contributed by atoms with Crippen LogP contribution in [0.1, 0.15) is 10.5 Å². The van der Waals surface area contributed by atoms with Gasteiger partial charge in [-0.1, -0.05) is 16.8 Å². The first-order chi connectivity index (χ1) is 8.63. The van der Waals surface area contributed by atoms with Crippen LogP contribution in [0.15, 0.2) is 22.7 Å². The first kappa shape index (κ1) is 11.7. The van der Waals surface area contributed by atoms with E-state index in [1.54, 1.807) is 12.1 Å². The summed E-state index contributed by atoms with van der Waals surface area (Å²) in [6.07, 6.45) is -0.420. The summed E-state index contributed by atoms with van der Waals surface area (Å²) in [5.41, 5.74) is 0.251. The minimum absolute atomic E-state index is 0.224. The van der Waals surface area contributed by atoms with Crippen LogP contribution in [0.2, 0.25) is 4.34 Å². The van der Waals surface area contributed by atoms with Crippen LogP contribution < -0.4 is 0 Å². The number of thiophene rings is 1. The van der Waals surface area contributed by atoms with Gasteiger partial charge in [0.1, 0.15) is 0 Å². The second-order valence-corrected chi connectivity index (χ2v) is 5.76. The van der Waals surface area contributed by atoms with Gasteiger partial charge in [-0.3, -0.25) is 4.79 Å². The summed E-state index contributed by atoms with van der Waals surface area (Å²) in [5, 5.41) is 12.9. The number of amides is 1. The summed E-state index contributed by atoms with van der Waals surface area (Å²) >= 11 is 7.19. The standard InChI is InChI=1S/C11H9ClN2O3S/c12-10-2-1-9(18-10)8-3-7(13-17-8)11(16)14-4-6(15)5-14/h1-3,6,15H,4-5H2. The zero-order valence-corrected chi connectivity index (χ0v) is 10.7. The third kappa shape index (κ3) is 2.03. The van der Waals surface area contributed by atoms with E-state index in [0.29, 0.717) is 23.2 Å². The fourth-order valence-corrected chi connectivity index (χ4v) is 2.71. The van der Waals surface area contributed by atoms with Crippen LogP contribution in [0.3, 0.4) is 0 Å². The van der Waals surface area contributed by atoms with E-state index in [9.17, 15) is 4.79 Å². The molecule has 0 aromatic carbocycles. The molecule has 1 saturated heterocycles. The summed E-state index contributed by atoms with van der Waals surface area (Å²) in [4.78, 5) is 14.2. The number of likely N-dealkylation sites (tertiary alicyclic amines) is 1. The molecule has 0 unspecified atom stereocenters. The van der Waals surface area contributed by atoms with E-state index in [4.69, 9.17) is 21.2 Å². The number of carbonyl (C=O) groups is 1. The quantitative estimate of drug-likeness (QED) is 0.914. The zero-order chi connectivity index (χ0) is 12.7. The number of hydrogen-bond donors (Lipinski definition) is 1. The molecule has 1 amide bonds. The second-order valence-electron chi connectivity index (χ2n) is 4.04. The molecule has 0 spiro atoms. The number of hydrogen-bond acceptors (Lipinski definition) is 5. The maximum atomic E-state index is 11.9. The number of nitrogens with zero attached hydrogens (tertiary/aromatic N) is 2. The molecule has 1 fully saturated rings. The van der Waals surface area contributed by atoms with Crippen molar-refractivity contribution >= 4 is 28.8 Å². The average molecular weight is 285 g/mol. The highest BCUT2D eigenvalue weighted by Crippen LogP contribution is 2.31. The predicted molar refractivity (Wildman–Crippen MR) is 66.7 cm³/mol. The fraction of sp³-hybridized carbons (Fsp3) is 0.273. The van der Waals surface area contributed by atoms with Crippen molar-refractivity contribution in [2.24, 2.45) is 0 Å². The SMILES string of the molecule is O=C(c1cc(-c2ccc(Cl)s2)on1)N1CC(O)C1. The lowest BCUT2D eigenvalue weighted by atomic mass is 10.1. The number of carbonyl (C=O) groups excluding carboxylic acids is 1. The van der Waals surface area contributed by atoms with Crippen LogP contribution in [0, 0.1) is 0 Å². The lowest BCUT2D eigenvalue weighted by Gasteiger charge is -2.35. The third-order valence-corrected chi connectivity index (χ3v) is 3.94. The van der Waals surface area contributed by atoms with Gasteiger partial charge >= 0.3 is 0 Å². The van der Waals surface area contributed by atoms with Crippen LogP contribution in [0.25, 0.3) is 10.6 Å². The fourth-order valence-electron chi connectivity index (χ4n) is 1.72. The Morgan fingerprint density at radius 1 is 1.56 bits per heavy atom. The normalized spacial score (nSPS) is 15.8. The number of rotatable bonds is 2. The van der Waals surface area contributed by atoms with Crippen LogP contribution in [0.5, 0.6) is 0 Å². The Morgan fingerprint density at radius 3 is 2.94 bits per heavy atom. The van der Waals surface area contributed by atoms with Crippen LogP contribution >= 0.6 is 22.9 Å². The lowest BCUT2D eigenvalue weighted by Crippen LogP contribution is -2.53. The molecule has 2 aromatic heterocycles. The van der Waals surface area contributed by atoms with E-state index >= 15 is 0 Å². The maximum Gasteiger partial charge on any atom is 0.276 e. The molecule has 7 heteroatoms. The molecule has 0 atom stereocenters. The summed E-state index contributed by atoms with van der Waals surface area (Å²) in [6, 6.07) is 5.17. The van der Waals surface area contributed by atoms with Gasteiger partial charge in [-0.25, -0.2) is 0 Å². The molecule has 3 heterocycles. The Labute approximate surface area is 112 Å². The second kappa shape index (κ2) is 4.38. The first-order valence-electron chi connectivity index (χ1n) is 5.33. The molecule has 1 N–H and O–H groups in total. The van der Waals surface area contributed by atoms with Crippen molar-refractivity contribution in [1.29, 1.82) is 0 Å². The summed E-state index contributed by atoms with van der Waals surface area (Å²) in [7, 11) is 0. The van der Waals surface area contributed by atoms with Crippen molar-refractivity contribution in [3.8, 4) is 10.6 Å². The Bertz CT molecular complexity index is 589. The molecule has 0 radical (unpaired) electrons. The van der Waals surface area contributed by atoms with Gasteiger partial charge in [0.15, 0.2) is 11.5 Å². The molecule has 3 rings (SSSR count). The van der Waals surface area contributed by atoms with Gasteiger partial charge < -0.3 is 14.5 Å². The summed E-state index contributed by atoms with van der Waals surface area (Å²) < 4.78 is 5.78. The van der Waals surface area contributed by atoms with Crippen molar-refractivity contribution in [3.05, 3.63) is 28.2 Å². The number of aliphatic hydroxyl groups excluding tert-OH is 1. The van der Waals surface area contributed by atoms with E-state index in [2.05, 4.69) is 5.16 Å². The average Bonchev–Trinajstić information content (AvgIpc) is 2.92. The van der Waals surface area contributed by atoms with Crippen molar-refractivity contribution in [2.75, 3.05) is 13.1 Å². The minimum Gasteiger partial charge on any atom is -0.389 e. The van der Waals surface area contributed by atoms with Gasteiger partial charge in [-0.15, -0.1) is 11.3 Å². The smallest absolute Gasteiger partial charge is 0.276 e. The number of aliphatic hydroxyl groups is 1. The van der Waals surface area contributed by atoms with Gasteiger partial charge in [0.25, 0.3) is 5.91 Å². The Balaban J connectivity index is 1.79. The Morgan fingerprint density at radius 2 is 2.33 bits per heavy atom. The van der Waals surface area contributed by atoms with E-state index < -0.39 is 6.10 Å². The van der Waals surface area contributed by atoms with E-state index in [0.717, 1.165) is 4.88 Å². The molecule has 0 saturated carbocycles. The van der Waals surface area contributed by atoms with E-state index in [1.165, 1.54) is 16.2 Å². The van der Waals surface area contributed by atoms with Gasteiger partial charge in [-0.05, 0) is 12.1 Å². The third-order valence-electron chi connectivity index (χ3n) is 2.69. The molecule has 2 aromatic rings. The monoisotopic (exact) mass is 284 g/mol. The highest BCUT2D eigenvalue weighted by molar-refractivity contribution is 7.19. The van der Waals surface area contributed by atoms with Crippen molar-refractivity contribution < 1.29 is 14.4 Å². The Hall–Kier alpha value is -1.37. The summed E-state index contributed by atoms with van der Waals surface area (Å²) in [5.74, 6) is 0.300. The van der Waals surface area contributed by atoms with Crippen LogP contribution in [-0.4, -0.2) is 40.3 Å².